The highest BCUT2D eigenvalue weighted by Gasteiger charge is 2.08. The van der Waals surface area contributed by atoms with Gasteiger partial charge in [0.15, 0.2) is 0 Å². The average molecular weight is 368 g/mol. The monoisotopic (exact) mass is 367 g/mol. The fourth-order valence-electron chi connectivity index (χ4n) is 2.04. The van der Waals surface area contributed by atoms with Gasteiger partial charge >= 0.3 is 6.09 Å². The van der Waals surface area contributed by atoms with Crippen molar-refractivity contribution in [2.24, 2.45) is 0 Å². The van der Waals surface area contributed by atoms with E-state index in [2.05, 4.69) is 15.2 Å². The summed E-state index contributed by atoms with van der Waals surface area (Å²) in [6.45, 7) is 1.45. The fourth-order valence-corrected chi connectivity index (χ4v) is 2.56. The van der Waals surface area contributed by atoms with Gasteiger partial charge in [0.2, 0.25) is 5.88 Å². The van der Waals surface area contributed by atoms with Gasteiger partial charge in [-0.15, -0.1) is 0 Å². The molecule has 0 aliphatic heterocycles. The lowest BCUT2D eigenvalue weighted by molar-refractivity contribution is 0.198. The maximum Gasteiger partial charge on any atom is 0.413 e. The smallest absolute Gasteiger partial charge is 0.391 e. The highest BCUT2D eigenvalue weighted by Crippen LogP contribution is 2.30. The Labute approximate surface area is 151 Å². The van der Waals surface area contributed by atoms with E-state index in [0.717, 1.165) is 24.1 Å². The summed E-state index contributed by atoms with van der Waals surface area (Å²) >= 11 is 12.1. The van der Waals surface area contributed by atoms with Crippen LogP contribution >= 0.6 is 23.2 Å². The van der Waals surface area contributed by atoms with Gasteiger partial charge in [-0.25, -0.2) is 9.78 Å². The lowest BCUT2D eigenvalue weighted by atomic mass is 10.1. The highest BCUT2D eigenvalue weighted by atomic mass is 35.5. The van der Waals surface area contributed by atoms with Gasteiger partial charge in [-0.3, -0.25) is 0 Å². The van der Waals surface area contributed by atoms with Crippen LogP contribution in [-0.2, 0) is 0 Å². The molecule has 1 heterocycles. The van der Waals surface area contributed by atoms with E-state index < -0.39 is 6.09 Å². The number of nitrogens with one attached hydrogen (secondary N) is 1. The molecule has 0 saturated carbocycles. The zero-order valence-corrected chi connectivity index (χ0v) is 15.1. The Morgan fingerprint density at radius 1 is 1.25 bits per heavy atom. The number of benzene rings is 1. The van der Waals surface area contributed by atoms with Crippen molar-refractivity contribution >= 4 is 29.3 Å². The summed E-state index contributed by atoms with van der Waals surface area (Å²) in [6.07, 6.45) is 1.94. The van der Waals surface area contributed by atoms with Crippen molar-refractivity contribution in [2.45, 2.75) is 6.42 Å². The average Bonchev–Trinajstić information content (AvgIpc) is 2.52. The molecule has 128 valence electrons. The molecule has 0 aliphatic carbocycles. The number of amides is 1. The first kappa shape index (κ1) is 18.5. The minimum atomic E-state index is -0.515. The van der Waals surface area contributed by atoms with Crippen LogP contribution in [-0.4, -0.2) is 43.2 Å². The van der Waals surface area contributed by atoms with Crippen LogP contribution < -0.4 is 10.1 Å². The Morgan fingerprint density at radius 3 is 2.67 bits per heavy atom. The zero-order chi connectivity index (χ0) is 17.5. The SMILES string of the molecule is CN(C)CCCNC(=O)Oc1ccc(-c2ccc(Cl)cc2Cl)cn1. The molecule has 5 nitrogen and oxygen atoms in total. The van der Waals surface area contributed by atoms with Crippen LogP contribution in [0.3, 0.4) is 0 Å². The van der Waals surface area contributed by atoms with Crippen molar-refractivity contribution < 1.29 is 9.53 Å². The van der Waals surface area contributed by atoms with Gasteiger partial charge in [-0.05, 0) is 45.3 Å². The second-order valence-corrected chi connectivity index (χ2v) is 6.33. The van der Waals surface area contributed by atoms with Crippen molar-refractivity contribution in [1.29, 1.82) is 0 Å². The minimum Gasteiger partial charge on any atom is -0.391 e. The van der Waals surface area contributed by atoms with Crippen LogP contribution in [0.5, 0.6) is 5.88 Å². The molecule has 1 aromatic carbocycles. The molecule has 0 unspecified atom stereocenters. The maximum absolute atomic E-state index is 11.7. The van der Waals surface area contributed by atoms with Gasteiger partial charge in [0, 0.05) is 40.0 Å². The van der Waals surface area contributed by atoms with E-state index in [-0.39, 0.29) is 5.88 Å². The first-order valence-electron chi connectivity index (χ1n) is 7.47. The van der Waals surface area contributed by atoms with Crippen molar-refractivity contribution in [1.82, 2.24) is 15.2 Å². The molecule has 0 aliphatic rings. The molecule has 0 bridgehead atoms. The Balaban J connectivity index is 1.91. The molecular formula is C17H19Cl2N3O2. The number of rotatable bonds is 6. The number of pyridine rings is 1. The molecule has 1 aromatic heterocycles. The van der Waals surface area contributed by atoms with E-state index in [9.17, 15) is 4.79 Å². The van der Waals surface area contributed by atoms with Crippen molar-refractivity contribution in [3.8, 4) is 17.0 Å². The molecule has 0 spiro atoms. The molecule has 0 atom stereocenters. The molecule has 7 heteroatoms. The summed E-state index contributed by atoms with van der Waals surface area (Å²) in [5.74, 6) is 0.231. The quantitative estimate of drug-likeness (QED) is 0.781. The molecule has 1 amide bonds. The summed E-state index contributed by atoms with van der Waals surface area (Å²) in [5, 5.41) is 3.79. The second-order valence-electron chi connectivity index (χ2n) is 5.48. The Morgan fingerprint density at radius 2 is 2.04 bits per heavy atom. The van der Waals surface area contributed by atoms with E-state index >= 15 is 0 Å². The number of nitrogens with zero attached hydrogens (tertiary/aromatic N) is 2. The molecule has 0 fully saturated rings. The lowest BCUT2D eigenvalue weighted by Crippen LogP contribution is -2.29. The van der Waals surface area contributed by atoms with Gasteiger partial charge in [-0.1, -0.05) is 29.3 Å². The number of carbonyl (C=O) groups excluding carboxylic acids is 1. The van der Waals surface area contributed by atoms with Crippen molar-refractivity contribution in [3.63, 3.8) is 0 Å². The third-order valence-corrected chi connectivity index (χ3v) is 3.77. The number of halogens is 2. The minimum absolute atomic E-state index is 0.231. The van der Waals surface area contributed by atoms with Gasteiger partial charge < -0.3 is 15.0 Å². The van der Waals surface area contributed by atoms with Gasteiger partial charge in [0.1, 0.15) is 0 Å². The van der Waals surface area contributed by atoms with Gasteiger partial charge in [0.05, 0.1) is 0 Å². The molecule has 2 rings (SSSR count). The van der Waals surface area contributed by atoms with Crippen molar-refractivity contribution in [2.75, 3.05) is 27.2 Å². The first-order chi connectivity index (χ1) is 11.5. The van der Waals surface area contributed by atoms with Crippen LogP contribution in [0.2, 0.25) is 10.0 Å². The number of aromatic nitrogens is 1. The summed E-state index contributed by atoms with van der Waals surface area (Å²) < 4.78 is 5.13. The molecule has 24 heavy (non-hydrogen) atoms. The standard InChI is InChI=1S/C17H19Cl2N3O2/c1-22(2)9-3-8-20-17(23)24-16-7-4-12(11-21-16)14-6-5-13(18)10-15(14)19/h4-7,10-11H,3,8-9H2,1-2H3,(H,20,23). The number of hydrogen-bond acceptors (Lipinski definition) is 4. The largest absolute Gasteiger partial charge is 0.413 e. The van der Waals surface area contributed by atoms with Crippen LogP contribution in [0.25, 0.3) is 11.1 Å². The van der Waals surface area contributed by atoms with E-state index in [1.54, 1.807) is 30.5 Å². The molecule has 0 radical (unpaired) electrons. The lowest BCUT2D eigenvalue weighted by Gasteiger charge is -2.10. The Hall–Kier alpha value is -1.82. The van der Waals surface area contributed by atoms with Crippen LogP contribution in [0.4, 0.5) is 4.79 Å². The predicted octanol–water partition coefficient (Wildman–Crippen LogP) is 4.10. The topological polar surface area (TPSA) is 54.5 Å². The summed E-state index contributed by atoms with van der Waals surface area (Å²) in [6, 6.07) is 8.66. The number of ether oxygens (including phenoxy) is 1. The third kappa shape index (κ3) is 5.67. The summed E-state index contributed by atoms with van der Waals surface area (Å²) in [4.78, 5) is 17.9. The van der Waals surface area contributed by atoms with Crippen molar-refractivity contribution in [3.05, 3.63) is 46.6 Å². The van der Waals surface area contributed by atoms with E-state index in [0.29, 0.717) is 16.6 Å². The number of hydrogen-bond donors (Lipinski definition) is 1. The van der Waals surface area contributed by atoms with E-state index in [1.165, 1.54) is 0 Å². The maximum atomic E-state index is 11.7. The highest BCUT2D eigenvalue weighted by molar-refractivity contribution is 6.36. The Kier molecular flexibility index (Phi) is 6.85. The normalized spacial score (nSPS) is 10.7. The summed E-state index contributed by atoms with van der Waals surface area (Å²) in [5.41, 5.74) is 1.63. The van der Waals surface area contributed by atoms with Crippen LogP contribution in [0.1, 0.15) is 6.42 Å². The molecular weight excluding hydrogens is 349 g/mol. The van der Waals surface area contributed by atoms with Crippen LogP contribution in [0, 0.1) is 0 Å². The zero-order valence-electron chi connectivity index (χ0n) is 13.6. The van der Waals surface area contributed by atoms with E-state index in [1.807, 2.05) is 20.2 Å². The first-order valence-corrected chi connectivity index (χ1v) is 8.23. The molecule has 1 N–H and O–H groups in total. The van der Waals surface area contributed by atoms with E-state index in [4.69, 9.17) is 27.9 Å². The summed E-state index contributed by atoms with van der Waals surface area (Å²) in [7, 11) is 3.97. The third-order valence-electron chi connectivity index (χ3n) is 3.23. The second kappa shape index (κ2) is 8.87. The number of carbonyl (C=O) groups is 1. The molecule has 0 saturated heterocycles. The fraction of sp³-hybridized carbons (Fsp3) is 0.294. The molecule has 2 aromatic rings. The Bertz CT molecular complexity index is 691. The van der Waals surface area contributed by atoms with Gasteiger partial charge in [-0.2, -0.15) is 0 Å². The predicted molar refractivity (Wildman–Crippen MR) is 96.9 cm³/mol. The van der Waals surface area contributed by atoms with Gasteiger partial charge in [0.25, 0.3) is 0 Å². The van der Waals surface area contributed by atoms with Crippen LogP contribution in [0.15, 0.2) is 36.5 Å².